The molecule has 0 aliphatic rings. The van der Waals surface area contributed by atoms with Gasteiger partial charge in [-0.25, -0.2) is 0 Å². The van der Waals surface area contributed by atoms with Crippen molar-refractivity contribution in [2.24, 2.45) is 0 Å². The van der Waals surface area contributed by atoms with E-state index in [-0.39, 0.29) is 73.3 Å². The van der Waals surface area contributed by atoms with Crippen molar-refractivity contribution in [3.63, 3.8) is 0 Å². The molecule has 108 valence electrons. The van der Waals surface area contributed by atoms with Gasteiger partial charge >= 0.3 is 48.9 Å². The Morgan fingerprint density at radius 3 is 0.412 bits per heavy atom. The first-order valence-corrected chi connectivity index (χ1v) is 5.65. The Bertz CT molecular complexity index is 61.5. The molecule has 0 unspecified atom stereocenters. The fraction of sp³-hybridized carbons (Fsp3) is 1.00. The van der Waals surface area contributed by atoms with Crippen LogP contribution in [0.2, 0.25) is 0 Å². The van der Waals surface area contributed by atoms with Crippen LogP contribution >= 0.6 is 0 Å². The zero-order valence-electron chi connectivity index (χ0n) is 12.1. The van der Waals surface area contributed by atoms with E-state index in [0.717, 1.165) is 0 Å². The summed E-state index contributed by atoms with van der Waals surface area (Å²) in [6.07, 6.45) is -0.667. The van der Waals surface area contributed by atoms with Crippen LogP contribution in [0.3, 0.4) is 0 Å². The first kappa shape index (κ1) is 31.0. The third kappa shape index (κ3) is 2080. The predicted octanol–water partition coefficient (Wildman–Crippen LogP) is 0.632. The summed E-state index contributed by atoms with van der Waals surface area (Å²) in [5, 5.41) is 32.2. The van der Waals surface area contributed by atoms with Crippen molar-refractivity contribution in [3.05, 3.63) is 0 Å². The molecule has 0 amide bonds. The molecule has 0 atom stereocenters. The predicted molar refractivity (Wildman–Crippen MR) is 78.0 cm³/mol. The van der Waals surface area contributed by atoms with Crippen LogP contribution in [0.15, 0.2) is 0 Å². The van der Waals surface area contributed by atoms with E-state index in [1.165, 1.54) is 0 Å². The van der Waals surface area contributed by atoms with Crippen molar-refractivity contribution in [1.29, 1.82) is 0 Å². The molecule has 0 aromatic carbocycles. The third-order valence-electron chi connectivity index (χ3n) is 0. The Hall–Kier alpha value is 1.41. The van der Waals surface area contributed by atoms with E-state index in [1.54, 1.807) is 55.4 Å². The van der Waals surface area contributed by atoms with Crippen LogP contribution in [-0.2, 0) is 0 Å². The van der Waals surface area contributed by atoms with E-state index in [0.29, 0.717) is 0 Å². The Balaban J connectivity index is -0.0000000369. The number of hydrogen-bond donors (Lipinski definition) is 4. The van der Waals surface area contributed by atoms with Crippen LogP contribution in [0.5, 0.6) is 0 Å². The number of hydrogen-bond acceptors (Lipinski definition) is 4. The van der Waals surface area contributed by atoms with Gasteiger partial charge in [-0.05, 0) is 55.4 Å². The van der Waals surface area contributed by atoms with Crippen LogP contribution in [0.25, 0.3) is 0 Å². The normalized spacial score (nSPS) is 8.47. The molecule has 4 nitrogen and oxygen atoms in total. The van der Waals surface area contributed by atoms with E-state index < -0.39 is 0 Å². The summed E-state index contributed by atoms with van der Waals surface area (Å²) in [4.78, 5) is 0. The van der Waals surface area contributed by atoms with E-state index in [1.807, 2.05) is 0 Å². The van der Waals surface area contributed by atoms with Crippen LogP contribution < -0.4 is 0 Å². The first-order chi connectivity index (χ1) is 6.93. The van der Waals surface area contributed by atoms with Crippen LogP contribution in [0.1, 0.15) is 55.4 Å². The maximum atomic E-state index is 8.06. The van der Waals surface area contributed by atoms with Crippen molar-refractivity contribution in [2.45, 2.75) is 79.8 Å². The molecular weight excluding hydrogens is 345 g/mol. The van der Waals surface area contributed by atoms with Gasteiger partial charge in [0.1, 0.15) is 0 Å². The minimum atomic E-state index is -0.167. The van der Waals surface area contributed by atoms with Gasteiger partial charge < -0.3 is 20.4 Å². The topological polar surface area (TPSA) is 80.9 Å². The molecule has 0 aliphatic carbocycles. The van der Waals surface area contributed by atoms with Gasteiger partial charge in [-0.15, -0.1) is 0 Å². The molecule has 0 fully saturated rings. The molecule has 4 N–H and O–H groups in total. The molecule has 0 aromatic rings. The van der Waals surface area contributed by atoms with Gasteiger partial charge in [-0.1, -0.05) is 0 Å². The maximum absolute atomic E-state index is 8.06. The number of aliphatic hydroxyl groups excluding tert-OH is 4. The summed E-state index contributed by atoms with van der Waals surface area (Å²) < 4.78 is 0. The van der Waals surface area contributed by atoms with E-state index in [2.05, 4.69) is 0 Å². The van der Waals surface area contributed by atoms with Crippen molar-refractivity contribution < 1.29 is 20.4 Å². The summed E-state index contributed by atoms with van der Waals surface area (Å²) in [5.41, 5.74) is 0. The Morgan fingerprint density at radius 1 is 0.412 bits per heavy atom. The molecule has 0 spiro atoms. The fourth-order valence-corrected chi connectivity index (χ4v) is 0. The van der Waals surface area contributed by atoms with Crippen molar-refractivity contribution in [2.75, 3.05) is 0 Å². The molecule has 0 saturated carbocycles. The summed E-state index contributed by atoms with van der Waals surface area (Å²) >= 11 is 0. The molecule has 0 aliphatic heterocycles. The average Bonchev–Trinajstić information content (AvgIpc) is 1.76. The second kappa shape index (κ2) is 26.1. The van der Waals surface area contributed by atoms with Gasteiger partial charge in [0.2, 0.25) is 0 Å². The second-order valence-corrected chi connectivity index (χ2v) is 4.37. The molecule has 17 heavy (non-hydrogen) atoms. The van der Waals surface area contributed by atoms with Gasteiger partial charge in [-0.2, -0.15) is 0 Å². The van der Waals surface area contributed by atoms with Gasteiger partial charge in [-0.3, -0.25) is 0 Å². The molecule has 0 bridgehead atoms. The second-order valence-electron chi connectivity index (χ2n) is 4.37. The summed E-state index contributed by atoms with van der Waals surface area (Å²) in [6.45, 7) is 13.8. The van der Waals surface area contributed by atoms with Gasteiger partial charge in [0.25, 0.3) is 0 Å². The fourth-order valence-electron chi connectivity index (χ4n) is 0. The standard InChI is InChI=1S/4C3H8O.Ba.2H/c4*1-3(2)4;;;/h4*3-4H,1-2H3;;;. The zero-order valence-corrected chi connectivity index (χ0v) is 12.1. The van der Waals surface area contributed by atoms with Crippen molar-refractivity contribution in [1.82, 2.24) is 0 Å². The Kier molecular flexibility index (Phi) is 47.6. The van der Waals surface area contributed by atoms with Crippen LogP contribution in [0, 0.1) is 0 Å². The molecule has 0 rings (SSSR count). The monoisotopic (exact) mass is 380 g/mol. The van der Waals surface area contributed by atoms with E-state index >= 15 is 0 Å². The van der Waals surface area contributed by atoms with Gasteiger partial charge in [0.15, 0.2) is 0 Å². The molecule has 0 aromatic heterocycles. The van der Waals surface area contributed by atoms with Crippen LogP contribution in [0.4, 0.5) is 0 Å². The first-order valence-electron chi connectivity index (χ1n) is 5.65. The number of rotatable bonds is 0. The molecular formula is C12H34BaO4. The quantitative estimate of drug-likeness (QED) is 0.466. The molecule has 0 saturated heterocycles. The average molecular weight is 380 g/mol. The van der Waals surface area contributed by atoms with Crippen molar-refractivity contribution >= 4 is 48.9 Å². The summed E-state index contributed by atoms with van der Waals surface area (Å²) in [7, 11) is 0. The summed E-state index contributed by atoms with van der Waals surface area (Å²) in [5.74, 6) is 0. The Labute approximate surface area is 148 Å². The van der Waals surface area contributed by atoms with Gasteiger partial charge in [0.05, 0.1) is 0 Å². The van der Waals surface area contributed by atoms with Crippen molar-refractivity contribution in [3.8, 4) is 0 Å². The Morgan fingerprint density at radius 2 is 0.412 bits per heavy atom. The SMILES string of the molecule is CC(C)O.CC(C)O.CC(C)O.CC(C)O.[BaH2]. The summed E-state index contributed by atoms with van der Waals surface area (Å²) in [6, 6.07) is 0. The molecule has 5 heteroatoms. The third-order valence-corrected chi connectivity index (χ3v) is 0. The molecule has 0 heterocycles. The van der Waals surface area contributed by atoms with E-state index in [9.17, 15) is 0 Å². The van der Waals surface area contributed by atoms with E-state index in [4.69, 9.17) is 20.4 Å². The number of aliphatic hydroxyl groups is 4. The molecule has 0 radical (unpaired) electrons. The van der Waals surface area contributed by atoms with Crippen LogP contribution in [-0.4, -0.2) is 93.7 Å². The van der Waals surface area contributed by atoms with Gasteiger partial charge in [0, 0.05) is 24.4 Å². The minimum absolute atomic E-state index is 0. The zero-order chi connectivity index (χ0) is 14.3.